The van der Waals surface area contributed by atoms with Crippen molar-refractivity contribution >= 4 is 0 Å². The van der Waals surface area contributed by atoms with Crippen LogP contribution in [-0.4, -0.2) is 41.1 Å². The fraction of sp³-hybridized carbons (Fsp3) is 0.500. The summed E-state index contributed by atoms with van der Waals surface area (Å²) in [7, 11) is 4.38. The highest BCUT2D eigenvalue weighted by Gasteiger charge is 2.32. The van der Waals surface area contributed by atoms with Gasteiger partial charge in [0.1, 0.15) is 0 Å². The molecular weight excluding hydrogens is 272 g/mol. The molecule has 0 spiro atoms. The maximum absolute atomic E-state index is 4.09. The molecule has 1 heterocycles. The fourth-order valence-corrected chi connectivity index (χ4v) is 3.01. The summed E-state index contributed by atoms with van der Waals surface area (Å²) in [6, 6.07) is 9.74. The van der Waals surface area contributed by atoms with Gasteiger partial charge in [-0.15, -0.1) is 0 Å². The number of hydrogen-bond acceptors (Lipinski definition) is 3. The fourth-order valence-electron chi connectivity index (χ4n) is 3.01. The van der Waals surface area contributed by atoms with Gasteiger partial charge in [-0.05, 0) is 57.5 Å². The van der Waals surface area contributed by atoms with Crippen LogP contribution >= 0.6 is 0 Å². The van der Waals surface area contributed by atoms with Crippen LogP contribution in [0.5, 0.6) is 0 Å². The summed E-state index contributed by atoms with van der Waals surface area (Å²) in [5.41, 5.74) is 2.48. The normalized spacial score (nSPS) is 17.6. The van der Waals surface area contributed by atoms with Crippen LogP contribution in [0.1, 0.15) is 31.4 Å². The molecule has 0 bridgehead atoms. The summed E-state index contributed by atoms with van der Waals surface area (Å²) in [6.45, 7) is 3.30. The summed E-state index contributed by atoms with van der Waals surface area (Å²) in [6.07, 6.45) is 8.37. The number of likely N-dealkylation sites (N-methyl/N-ethyl adjacent to an activating group) is 1. The lowest BCUT2D eigenvalue weighted by Gasteiger charge is -2.26. The van der Waals surface area contributed by atoms with Crippen molar-refractivity contribution < 1.29 is 0 Å². The molecule has 1 aromatic heterocycles. The number of nitrogens with zero attached hydrogens (tertiary/aromatic N) is 3. The molecule has 1 aromatic carbocycles. The Labute approximate surface area is 133 Å². The van der Waals surface area contributed by atoms with Crippen molar-refractivity contribution in [1.82, 2.24) is 19.8 Å². The predicted molar refractivity (Wildman–Crippen MR) is 90.2 cm³/mol. The molecule has 1 aliphatic carbocycles. The zero-order valence-corrected chi connectivity index (χ0v) is 13.7. The van der Waals surface area contributed by atoms with Crippen LogP contribution in [0, 0.1) is 5.92 Å². The van der Waals surface area contributed by atoms with E-state index in [2.05, 4.69) is 60.5 Å². The minimum atomic E-state index is 0.373. The van der Waals surface area contributed by atoms with E-state index in [0.29, 0.717) is 12.1 Å². The molecule has 0 aliphatic heterocycles. The van der Waals surface area contributed by atoms with Crippen LogP contribution in [0.2, 0.25) is 0 Å². The third-order valence-electron chi connectivity index (χ3n) is 4.66. The second kappa shape index (κ2) is 6.63. The Morgan fingerprint density at radius 3 is 2.55 bits per heavy atom. The zero-order chi connectivity index (χ0) is 15.5. The first-order valence-electron chi connectivity index (χ1n) is 8.13. The van der Waals surface area contributed by atoms with E-state index >= 15 is 0 Å². The predicted octanol–water partition coefficient (Wildman–Crippen LogP) is 2.86. The Balaban J connectivity index is 1.59. The molecule has 1 aliphatic rings. The first-order chi connectivity index (χ1) is 10.6. The Bertz CT molecular complexity index is 568. The van der Waals surface area contributed by atoms with Crippen LogP contribution in [0.4, 0.5) is 0 Å². The Kier molecular flexibility index (Phi) is 4.60. The Morgan fingerprint density at radius 2 is 2.00 bits per heavy atom. The molecule has 2 unspecified atom stereocenters. The smallest absolute Gasteiger partial charge is 0.0991 e. The zero-order valence-electron chi connectivity index (χ0n) is 13.7. The van der Waals surface area contributed by atoms with Crippen molar-refractivity contribution in [2.45, 2.75) is 31.8 Å². The lowest BCUT2D eigenvalue weighted by molar-refractivity contribution is 0.250. The van der Waals surface area contributed by atoms with E-state index in [1.165, 1.54) is 18.4 Å². The average molecular weight is 298 g/mol. The minimum absolute atomic E-state index is 0.373. The van der Waals surface area contributed by atoms with Crippen LogP contribution < -0.4 is 5.32 Å². The molecule has 3 rings (SSSR count). The molecule has 4 heteroatoms. The Hall–Kier alpha value is -1.65. The molecule has 1 fully saturated rings. The lowest BCUT2D eigenvalue weighted by Crippen LogP contribution is -2.40. The van der Waals surface area contributed by atoms with Gasteiger partial charge in [-0.3, -0.25) is 0 Å². The van der Waals surface area contributed by atoms with Crippen LogP contribution in [0.3, 0.4) is 0 Å². The monoisotopic (exact) mass is 298 g/mol. The molecule has 1 N–H and O–H groups in total. The summed E-state index contributed by atoms with van der Waals surface area (Å²) < 4.78 is 2.02. The standard InChI is InChI=1S/C18H26N4/c1-14(20-12-18(21(2)3)16-4-5-16)15-6-8-17(9-7-15)22-11-10-19-13-22/h6-11,13-14,16,18,20H,4-5,12H2,1-3H3. The van der Waals surface area contributed by atoms with Crippen molar-refractivity contribution in [3.63, 3.8) is 0 Å². The average Bonchev–Trinajstić information content (AvgIpc) is 3.20. The third-order valence-corrected chi connectivity index (χ3v) is 4.66. The van der Waals surface area contributed by atoms with Crippen molar-refractivity contribution in [3.05, 3.63) is 48.5 Å². The number of imidazole rings is 1. The molecule has 4 nitrogen and oxygen atoms in total. The topological polar surface area (TPSA) is 33.1 Å². The number of aromatic nitrogens is 2. The van der Waals surface area contributed by atoms with Crippen LogP contribution in [0.25, 0.3) is 5.69 Å². The van der Waals surface area contributed by atoms with E-state index in [-0.39, 0.29) is 0 Å². The molecule has 118 valence electrons. The van der Waals surface area contributed by atoms with Gasteiger partial charge in [0.2, 0.25) is 0 Å². The van der Waals surface area contributed by atoms with Gasteiger partial charge in [-0.2, -0.15) is 0 Å². The highest BCUT2D eigenvalue weighted by atomic mass is 15.1. The van der Waals surface area contributed by atoms with E-state index in [1.807, 2.05) is 17.1 Å². The maximum Gasteiger partial charge on any atom is 0.0991 e. The van der Waals surface area contributed by atoms with Crippen LogP contribution in [0.15, 0.2) is 43.0 Å². The first kappa shape index (κ1) is 15.3. The summed E-state index contributed by atoms with van der Waals surface area (Å²) >= 11 is 0. The molecule has 2 aromatic rings. The summed E-state index contributed by atoms with van der Waals surface area (Å²) in [5.74, 6) is 0.887. The maximum atomic E-state index is 4.09. The van der Waals surface area contributed by atoms with Crippen molar-refractivity contribution in [1.29, 1.82) is 0 Å². The van der Waals surface area contributed by atoms with Crippen molar-refractivity contribution in [2.24, 2.45) is 5.92 Å². The summed E-state index contributed by atoms with van der Waals surface area (Å²) in [5, 5.41) is 3.70. The van der Waals surface area contributed by atoms with Crippen LogP contribution in [-0.2, 0) is 0 Å². The second-order valence-electron chi connectivity index (χ2n) is 6.56. The molecule has 2 atom stereocenters. The molecular formula is C18H26N4. The minimum Gasteiger partial charge on any atom is -0.309 e. The third kappa shape index (κ3) is 3.57. The number of benzene rings is 1. The molecule has 1 saturated carbocycles. The number of nitrogens with one attached hydrogen (secondary N) is 1. The van der Waals surface area contributed by atoms with E-state index < -0.39 is 0 Å². The quantitative estimate of drug-likeness (QED) is 0.853. The van der Waals surface area contributed by atoms with E-state index in [0.717, 1.165) is 18.2 Å². The largest absolute Gasteiger partial charge is 0.309 e. The highest BCUT2D eigenvalue weighted by Crippen LogP contribution is 2.34. The first-order valence-corrected chi connectivity index (χ1v) is 8.13. The van der Waals surface area contributed by atoms with Gasteiger partial charge in [-0.25, -0.2) is 4.98 Å². The SMILES string of the molecule is CC(NCC(C1CC1)N(C)C)c1ccc(-n2ccnc2)cc1. The molecule has 0 radical (unpaired) electrons. The molecule has 0 saturated heterocycles. The van der Waals surface area contributed by atoms with Gasteiger partial charge in [0, 0.05) is 36.7 Å². The Morgan fingerprint density at radius 1 is 1.27 bits per heavy atom. The molecule has 0 amide bonds. The van der Waals surface area contributed by atoms with E-state index in [9.17, 15) is 0 Å². The second-order valence-corrected chi connectivity index (χ2v) is 6.56. The van der Waals surface area contributed by atoms with E-state index in [4.69, 9.17) is 0 Å². The number of rotatable bonds is 7. The summed E-state index contributed by atoms with van der Waals surface area (Å²) in [4.78, 5) is 6.45. The van der Waals surface area contributed by atoms with Gasteiger partial charge < -0.3 is 14.8 Å². The van der Waals surface area contributed by atoms with E-state index in [1.54, 1.807) is 6.20 Å². The molecule has 22 heavy (non-hydrogen) atoms. The van der Waals surface area contributed by atoms with Gasteiger partial charge in [-0.1, -0.05) is 12.1 Å². The van der Waals surface area contributed by atoms with Crippen molar-refractivity contribution in [3.8, 4) is 5.69 Å². The van der Waals surface area contributed by atoms with Crippen molar-refractivity contribution in [2.75, 3.05) is 20.6 Å². The number of hydrogen-bond donors (Lipinski definition) is 1. The van der Waals surface area contributed by atoms with Gasteiger partial charge >= 0.3 is 0 Å². The highest BCUT2D eigenvalue weighted by molar-refractivity contribution is 5.35. The van der Waals surface area contributed by atoms with Gasteiger partial charge in [0.05, 0.1) is 6.33 Å². The van der Waals surface area contributed by atoms with Gasteiger partial charge in [0.25, 0.3) is 0 Å². The van der Waals surface area contributed by atoms with Gasteiger partial charge in [0.15, 0.2) is 0 Å². The lowest BCUT2D eigenvalue weighted by atomic mass is 10.1.